The lowest BCUT2D eigenvalue weighted by Gasteiger charge is -2.18. The average molecular weight is 239 g/mol. The van der Waals surface area contributed by atoms with Crippen molar-refractivity contribution in [2.24, 2.45) is 5.41 Å². The van der Waals surface area contributed by atoms with Gasteiger partial charge < -0.3 is 14.8 Å². The Balaban J connectivity index is 2.42. The minimum absolute atomic E-state index is 0.247. The molecule has 0 atom stereocenters. The van der Waals surface area contributed by atoms with Gasteiger partial charge in [-0.05, 0) is 33.3 Å². The Morgan fingerprint density at radius 2 is 2.12 bits per heavy atom. The van der Waals surface area contributed by atoms with Crippen molar-refractivity contribution in [2.45, 2.75) is 27.2 Å². The molecule has 0 radical (unpaired) electrons. The molecule has 0 aromatic carbocycles. The number of hydrogen-bond donors (Lipinski definition) is 2. The van der Waals surface area contributed by atoms with Gasteiger partial charge in [-0.1, -0.05) is 0 Å². The second kappa shape index (κ2) is 5.03. The van der Waals surface area contributed by atoms with E-state index in [2.05, 4.69) is 5.32 Å². The normalized spacial score (nSPS) is 11.2. The first-order valence-corrected chi connectivity index (χ1v) is 5.39. The maximum absolute atomic E-state index is 11.6. The van der Waals surface area contributed by atoms with Crippen LogP contribution in [-0.4, -0.2) is 23.5 Å². The Hall–Kier alpha value is -1.78. The van der Waals surface area contributed by atoms with E-state index in [-0.39, 0.29) is 5.91 Å². The molecular formula is C12H17NO4. The summed E-state index contributed by atoms with van der Waals surface area (Å²) >= 11 is 0. The summed E-state index contributed by atoms with van der Waals surface area (Å²) in [6.45, 7) is 5.33. The number of rotatable bonds is 5. The lowest BCUT2D eigenvalue weighted by atomic mass is 9.90. The number of carbonyl (C=O) groups excluding carboxylic acids is 1. The third kappa shape index (κ3) is 3.62. The molecule has 0 spiro atoms. The lowest BCUT2D eigenvalue weighted by Crippen LogP contribution is -2.31. The first-order chi connectivity index (χ1) is 7.83. The first kappa shape index (κ1) is 13.3. The highest BCUT2D eigenvalue weighted by molar-refractivity contribution is 5.93. The SMILES string of the molecule is Cc1cc(C(=O)NCCC(C)(C)C(=O)O)co1. The molecule has 5 nitrogen and oxygen atoms in total. The summed E-state index contributed by atoms with van der Waals surface area (Å²) in [5.41, 5.74) is -0.379. The van der Waals surface area contributed by atoms with Gasteiger partial charge in [-0.25, -0.2) is 0 Å². The van der Waals surface area contributed by atoms with Crippen LogP contribution in [0.4, 0.5) is 0 Å². The van der Waals surface area contributed by atoms with E-state index in [9.17, 15) is 9.59 Å². The van der Waals surface area contributed by atoms with Gasteiger partial charge in [0.25, 0.3) is 5.91 Å². The predicted molar refractivity (Wildman–Crippen MR) is 61.8 cm³/mol. The van der Waals surface area contributed by atoms with Crippen molar-refractivity contribution in [1.82, 2.24) is 5.32 Å². The van der Waals surface area contributed by atoms with Gasteiger partial charge in [-0.2, -0.15) is 0 Å². The summed E-state index contributed by atoms with van der Waals surface area (Å²) in [6.07, 6.45) is 1.76. The molecule has 0 aliphatic heterocycles. The Morgan fingerprint density at radius 1 is 1.47 bits per heavy atom. The lowest BCUT2D eigenvalue weighted by molar-refractivity contribution is -0.147. The van der Waals surface area contributed by atoms with Crippen molar-refractivity contribution in [1.29, 1.82) is 0 Å². The molecule has 1 amide bonds. The summed E-state index contributed by atoms with van der Waals surface area (Å²) in [7, 11) is 0. The molecule has 0 unspecified atom stereocenters. The topological polar surface area (TPSA) is 79.5 Å². The number of furan rings is 1. The van der Waals surface area contributed by atoms with Crippen molar-refractivity contribution in [3.05, 3.63) is 23.7 Å². The minimum atomic E-state index is -0.870. The van der Waals surface area contributed by atoms with Crippen molar-refractivity contribution >= 4 is 11.9 Å². The molecule has 0 fully saturated rings. The molecule has 0 saturated heterocycles. The molecule has 5 heteroatoms. The van der Waals surface area contributed by atoms with Gasteiger partial charge in [-0.15, -0.1) is 0 Å². The molecule has 0 bridgehead atoms. The molecule has 17 heavy (non-hydrogen) atoms. The Morgan fingerprint density at radius 3 is 2.59 bits per heavy atom. The molecule has 0 saturated carbocycles. The third-order valence-corrected chi connectivity index (χ3v) is 2.61. The molecule has 1 aromatic heterocycles. The van der Waals surface area contributed by atoms with Gasteiger partial charge in [0.15, 0.2) is 0 Å². The maximum Gasteiger partial charge on any atom is 0.309 e. The van der Waals surface area contributed by atoms with E-state index in [0.29, 0.717) is 24.3 Å². The molecular weight excluding hydrogens is 222 g/mol. The largest absolute Gasteiger partial charge is 0.481 e. The van der Waals surface area contributed by atoms with Gasteiger partial charge >= 0.3 is 5.97 Å². The third-order valence-electron chi connectivity index (χ3n) is 2.61. The smallest absolute Gasteiger partial charge is 0.309 e. The van der Waals surface area contributed by atoms with Crippen LogP contribution in [0.3, 0.4) is 0 Å². The van der Waals surface area contributed by atoms with E-state index in [1.165, 1.54) is 6.26 Å². The molecule has 94 valence electrons. The summed E-state index contributed by atoms with van der Waals surface area (Å²) in [5, 5.41) is 11.6. The van der Waals surface area contributed by atoms with Gasteiger partial charge in [0.05, 0.1) is 11.0 Å². The van der Waals surface area contributed by atoms with Crippen molar-refractivity contribution in [2.75, 3.05) is 6.54 Å². The van der Waals surface area contributed by atoms with Gasteiger partial charge in [-0.3, -0.25) is 9.59 Å². The fourth-order valence-electron chi connectivity index (χ4n) is 1.26. The van der Waals surface area contributed by atoms with Crippen LogP contribution in [0, 0.1) is 12.3 Å². The molecule has 1 heterocycles. The van der Waals surface area contributed by atoms with Crippen molar-refractivity contribution in [3.63, 3.8) is 0 Å². The highest BCUT2D eigenvalue weighted by Crippen LogP contribution is 2.19. The number of amides is 1. The van der Waals surface area contributed by atoms with Crippen LogP contribution < -0.4 is 5.32 Å². The number of hydrogen-bond acceptors (Lipinski definition) is 3. The second-order valence-corrected chi connectivity index (χ2v) is 4.64. The molecule has 0 aliphatic carbocycles. The quantitative estimate of drug-likeness (QED) is 0.821. The summed E-state index contributed by atoms with van der Waals surface area (Å²) < 4.78 is 5.02. The summed E-state index contributed by atoms with van der Waals surface area (Å²) in [6, 6.07) is 1.64. The van der Waals surface area contributed by atoms with Gasteiger partial charge in [0.1, 0.15) is 12.0 Å². The van der Waals surface area contributed by atoms with E-state index in [1.54, 1.807) is 26.8 Å². The standard InChI is InChI=1S/C12H17NO4/c1-8-6-9(7-17-8)10(14)13-5-4-12(2,3)11(15)16/h6-7H,4-5H2,1-3H3,(H,13,14)(H,15,16). The van der Waals surface area contributed by atoms with Gasteiger partial charge in [0, 0.05) is 6.54 Å². The van der Waals surface area contributed by atoms with Crippen LogP contribution in [0.5, 0.6) is 0 Å². The average Bonchev–Trinajstić information content (AvgIpc) is 2.64. The molecule has 1 rings (SSSR count). The monoisotopic (exact) mass is 239 g/mol. The number of aliphatic carboxylic acids is 1. The number of carboxylic acids is 1. The summed E-state index contributed by atoms with van der Waals surface area (Å²) in [5.74, 6) is -0.449. The van der Waals surface area contributed by atoms with E-state index < -0.39 is 11.4 Å². The Labute approximate surface area is 99.8 Å². The van der Waals surface area contributed by atoms with Crippen molar-refractivity contribution in [3.8, 4) is 0 Å². The fraction of sp³-hybridized carbons (Fsp3) is 0.500. The first-order valence-electron chi connectivity index (χ1n) is 5.39. The Kier molecular flexibility index (Phi) is 3.93. The highest BCUT2D eigenvalue weighted by Gasteiger charge is 2.26. The number of carbonyl (C=O) groups is 2. The number of nitrogens with one attached hydrogen (secondary N) is 1. The van der Waals surface area contributed by atoms with E-state index in [4.69, 9.17) is 9.52 Å². The van der Waals surface area contributed by atoms with E-state index >= 15 is 0 Å². The van der Waals surface area contributed by atoms with Crippen molar-refractivity contribution < 1.29 is 19.1 Å². The fourth-order valence-corrected chi connectivity index (χ4v) is 1.26. The number of carboxylic acid groups (broad SMARTS) is 1. The van der Waals surface area contributed by atoms with Crippen LogP contribution in [0.25, 0.3) is 0 Å². The van der Waals surface area contributed by atoms with Crippen LogP contribution >= 0.6 is 0 Å². The molecule has 2 N–H and O–H groups in total. The minimum Gasteiger partial charge on any atom is -0.481 e. The van der Waals surface area contributed by atoms with Gasteiger partial charge in [0.2, 0.25) is 0 Å². The number of aryl methyl sites for hydroxylation is 1. The zero-order chi connectivity index (χ0) is 13.1. The highest BCUT2D eigenvalue weighted by atomic mass is 16.4. The maximum atomic E-state index is 11.6. The Bertz CT molecular complexity index is 420. The van der Waals surface area contributed by atoms with Crippen LogP contribution in [0.15, 0.2) is 16.7 Å². The zero-order valence-corrected chi connectivity index (χ0v) is 10.2. The van der Waals surface area contributed by atoms with Crippen LogP contribution in [-0.2, 0) is 4.79 Å². The molecule has 0 aliphatic rings. The van der Waals surface area contributed by atoms with E-state index in [0.717, 1.165) is 0 Å². The second-order valence-electron chi connectivity index (χ2n) is 4.64. The molecule has 1 aromatic rings. The van der Waals surface area contributed by atoms with E-state index in [1.807, 2.05) is 0 Å². The summed E-state index contributed by atoms with van der Waals surface area (Å²) in [4.78, 5) is 22.4. The predicted octanol–water partition coefficient (Wildman–Crippen LogP) is 1.82. The van der Waals surface area contributed by atoms with Crippen LogP contribution in [0.1, 0.15) is 36.4 Å². The van der Waals surface area contributed by atoms with Crippen LogP contribution in [0.2, 0.25) is 0 Å². The zero-order valence-electron chi connectivity index (χ0n) is 10.2.